The monoisotopic (exact) mass is 295 g/mol. The summed E-state index contributed by atoms with van der Waals surface area (Å²) in [6.07, 6.45) is 0.694. The molecule has 0 aliphatic rings. The zero-order valence-corrected chi connectivity index (χ0v) is 11.6. The molecule has 1 N–H and O–H groups in total. The quantitative estimate of drug-likeness (QED) is 0.649. The second-order valence-corrected chi connectivity index (χ2v) is 5.09. The van der Waals surface area contributed by atoms with Gasteiger partial charge in [-0.15, -0.1) is 11.3 Å². The minimum Gasteiger partial charge on any atom is -0.480 e. The fourth-order valence-electron chi connectivity index (χ4n) is 2.06. The van der Waals surface area contributed by atoms with Gasteiger partial charge in [0.25, 0.3) is 0 Å². The van der Waals surface area contributed by atoms with Crippen molar-refractivity contribution < 1.29 is 14.8 Å². The summed E-state index contributed by atoms with van der Waals surface area (Å²) in [5.74, 6) is -1.02. The number of carboxylic acid groups (broad SMARTS) is 1. The van der Waals surface area contributed by atoms with Crippen LogP contribution in [0.2, 0.25) is 0 Å². The van der Waals surface area contributed by atoms with Gasteiger partial charge in [-0.3, -0.25) is 14.9 Å². The zero-order valence-electron chi connectivity index (χ0n) is 10.8. The molecule has 0 atom stereocenters. The molecule has 1 aromatic carbocycles. The Balaban J connectivity index is 2.57. The van der Waals surface area contributed by atoms with Crippen LogP contribution in [0, 0.1) is 10.1 Å². The number of hydrogen-bond acceptors (Lipinski definition) is 6. The largest absolute Gasteiger partial charge is 0.480 e. The van der Waals surface area contributed by atoms with Crippen molar-refractivity contribution in [3.63, 3.8) is 0 Å². The Hall–Kier alpha value is -2.22. The third-order valence-electron chi connectivity index (χ3n) is 2.80. The van der Waals surface area contributed by atoms with Gasteiger partial charge >= 0.3 is 11.7 Å². The standard InChI is InChI=1S/C12H13N3O4S/c1-2-5-14(6-10(16)17)8-3-4-9-11(13-7-20-9)12(8)15(18)19/h3-4,7H,2,5-6H2,1H3,(H,16,17). The molecule has 0 unspecified atom stereocenters. The van der Waals surface area contributed by atoms with Crippen LogP contribution in [0.25, 0.3) is 10.2 Å². The van der Waals surface area contributed by atoms with Crippen molar-refractivity contribution in [2.24, 2.45) is 0 Å². The third kappa shape index (κ3) is 2.69. The molecule has 2 aromatic rings. The molecule has 8 heteroatoms. The van der Waals surface area contributed by atoms with Gasteiger partial charge in [0.15, 0.2) is 5.52 Å². The Morgan fingerprint density at radius 2 is 2.30 bits per heavy atom. The molecule has 0 amide bonds. The van der Waals surface area contributed by atoms with Gasteiger partial charge in [0, 0.05) is 6.54 Å². The molecule has 0 bridgehead atoms. The number of hydrogen-bond donors (Lipinski definition) is 1. The first-order chi connectivity index (χ1) is 9.54. The van der Waals surface area contributed by atoms with Gasteiger partial charge in [-0.2, -0.15) is 0 Å². The summed E-state index contributed by atoms with van der Waals surface area (Å²) in [6, 6.07) is 3.33. The van der Waals surface area contributed by atoms with Crippen LogP contribution in [-0.2, 0) is 4.79 Å². The number of nitro groups is 1. The second-order valence-electron chi connectivity index (χ2n) is 4.20. The van der Waals surface area contributed by atoms with Gasteiger partial charge in [0.1, 0.15) is 12.2 Å². The van der Waals surface area contributed by atoms with Crippen molar-refractivity contribution in [1.82, 2.24) is 4.98 Å². The normalized spacial score (nSPS) is 10.7. The van der Waals surface area contributed by atoms with Gasteiger partial charge in [-0.25, -0.2) is 4.98 Å². The number of nitro benzene ring substituents is 1. The van der Waals surface area contributed by atoms with Crippen LogP contribution in [0.15, 0.2) is 17.6 Å². The molecule has 0 spiro atoms. The number of benzene rings is 1. The minimum absolute atomic E-state index is 0.126. The molecule has 2 rings (SSSR count). The maximum absolute atomic E-state index is 11.3. The van der Waals surface area contributed by atoms with Crippen LogP contribution < -0.4 is 4.90 Å². The average Bonchev–Trinajstić information content (AvgIpc) is 2.84. The highest BCUT2D eigenvalue weighted by Gasteiger charge is 2.25. The van der Waals surface area contributed by atoms with Crippen molar-refractivity contribution in [3.05, 3.63) is 27.8 Å². The van der Waals surface area contributed by atoms with E-state index >= 15 is 0 Å². The van der Waals surface area contributed by atoms with Crippen molar-refractivity contribution in [3.8, 4) is 0 Å². The lowest BCUT2D eigenvalue weighted by molar-refractivity contribution is -0.382. The van der Waals surface area contributed by atoms with E-state index in [1.807, 2.05) is 6.92 Å². The Morgan fingerprint density at radius 1 is 1.55 bits per heavy atom. The van der Waals surface area contributed by atoms with Gasteiger partial charge < -0.3 is 10.0 Å². The molecule has 0 saturated heterocycles. The van der Waals surface area contributed by atoms with Crippen LogP contribution >= 0.6 is 11.3 Å². The smallest absolute Gasteiger partial charge is 0.323 e. The van der Waals surface area contributed by atoms with Gasteiger partial charge in [-0.05, 0) is 18.6 Å². The maximum atomic E-state index is 11.3. The minimum atomic E-state index is -1.02. The van der Waals surface area contributed by atoms with E-state index in [4.69, 9.17) is 5.11 Å². The molecule has 1 heterocycles. The molecule has 0 fully saturated rings. The van der Waals surface area contributed by atoms with E-state index in [1.165, 1.54) is 16.2 Å². The van der Waals surface area contributed by atoms with Crippen molar-refractivity contribution in [2.75, 3.05) is 18.0 Å². The first kappa shape index (κ1) is 14.2. The van der Waals surface area contributed by atoms with Gasteiger partial charge in [0.05, 0.1) is 15.1 Å². The Labute approximate surface area is 118 Å². The number of aromatic nitrogens is 1. The lowest BCUT2D eigenvalue weighted by Crippen LogP contribution is -2.30. The Morgan fingerprint density at radius 3 is 2.90 bits per heavy atom. The highest BCUT2D eigenvalue weighted by Crippen LogP contribution is 2.36. The highest BCUT2D eigenvalue weighted by atomic mass is 32.1. The predicted octanol–water partition coefficient (Wildman–Crippen LogP) is 2.51. The van der Waals surface area contributed by atoms with Crippen molar-refractivity contribution in [1.29, 1.82) is 0 Å². The molecule has 106 valence electrons. The van der Waals surface area contributed by atoms with E-state index in [1.54, 1.807) is 17.6 Å². The van der Waals surface area contributed by atoms with E-state index in [0.29, 0.717) is 28.9 Å². The summed E-state index contributed by atoms with van der Waals surface area (Å²) in [6.45, 7) is 2.05. The number of anilines is 1. The summed E-state index contributed by atoms with van der Waals surface area (Å²) >= 11 is 1.32. The second kappa shape index (κ2) is 5.83. The average molecular weight is 295 g/mol. The predicted molar refractivity (Wildman–Crippen MR) is 76.4 cm³/mol. The first-order valence-electron chi connectivity index (χ1n) is 6.02. The Bertz CT molecular complexity index is 655. The van der Waals surface area contributed by atoms with Crippen molar-refractivity contribution >= 4 is 38.9 Å². The van der Waals surface area contributed by atoms with Gasteiger partial charge in [0.2, 0.25) is 0 Å². The van der Waals surface area contributed by atoms with Gasteiger partial charge in [-0.1, -0.05) is 6.92 Å². The number of aliphatic carboxylic acids is 1. The third-order valence-corrected chi connectivity index (χ3v) is 3.59. The summed E-state index contributed by atoms with van der Waals surface area (Å²) < 4.78 is 0.715. The molecule has 0 aliphatic heterocycles. The van der Waals surface area contributed by atoms with Crippen LogP contribution in [0.1, 0.15) is 13.3 Å². The molecule has 0 aliphatic carbocycles. The van der Waals surface area contributed by atoms with E-state index in [-0.39, 0.29) is 12.2 Å². The van der Waals surface area contributed by atoms with E-state index in [0.717, 1.165) is 0 Å². The Kier molecular flexibility index (Phi) is 4.14. The highest BCUT2D eigenvalue weighted by molar-refractivity contribution is 7.16. The molecule has 7 nitrogen and oxygen atoms in total. The van der Waals surface area contributed by atoms with Crippen LogP contribution in [0.5, 0.6) is 0 Å². The van der Waals surface area contributed by atoms with Crippen molar-refractivity contribution in [2.45, 2.75) is 13.3 Å². The molecular weight excluding hydrogens is 282 g/mol. The van der Waals surface area contributed by atoms with Crippen LogP contribution in [-0.4, -0.2) is 34.1 Å². The molecular formula is C12H13N3O4S. The SMILES string of the molecule is CCCN(CC(=O)O)c1ccc2scnc2c1[N+](=O)[O-]. The summed E-state index contributed by atoms with van der Waals surface area (Å²) in [5, 5.41) is 20.3. The van der Waals surface area contributed by atoms with Crippen LogP contribution in [0.4, 0.5) is 11.4 Å². The molecule has 1 aromatic heterocycles. The maximum Gasteiger partial charge on any atom is 0.323 e. The molecule has 0 radical (unpaired) electrons. The van der Waals surface area contributed by atoms with E-state index in [2.05, 4.69) is 4.98 Å². The fourth-order valence-corrected chi connectivity index (χ4v) is 2.74. The lowest BCUT2D eigenvalue weighted by atomic mass is 10.2. The molecule has 20 heavy (non-hydrogen) atoms. The van der Waals surface area contributed by atoms with E-state index in [9.17, 15) is 14.9 Å². The fraction of sp³-hybridized carbons (Fsp3) is 0.333. The zero-order chi connectivity index (χ0) is 14.7. The number of fused-ring (bicyclic) bond motifs is 1. The summed E-state index contributed by atoms with van der Waals surface area (Å²) in [7, 11) is 0. The number of nitrogens with zero attached hydrogens (tertiary/aromatic N) is 3. The van der Waals surface area contributed by atoms with Crippen LogP contribution in [0.3, 0.4) is 0 Å². The number of rotatable bonds is 6. The van der Waals surface area contributed by atoms with E-state index < -0.39 is 10.9 Å². The summed E-state index contributed by atoms with van der Waals surface area (Å²) in [5.41, 5.74) is 2.03. The number of carbonyl (C=O) groups is 1. The lowest BCUT2D eigenvalue weighted by Gasteiger charge is -2.21. The number of thiazole rings is 1. The summed E-state index contributed by atoms with van der Waals surface area (Å²) in [4.78, 5) is 27.3. The molecule has 0 saturated carbocycles. The first-order valence-corrected chi connectivity index (χ1v) is 6.90. The topological polar surface area (TPSA) is 96.6 Å². The number of carboxylic acids is 1.